The molecule has 2 atom stereocenters. The first-order chi connectivity index (χ1) is 7.63. The van der Waals surface area contributed by atoms with Gasteiger partial charge in [0.25, 0.3) is 0 Å². The standard InChI is InChI=1S/C14H32N2/c1-5-7-9-11-13(3)16(15)14(4)12-10-8-6-2/h13-14H,5-12,15H2,1-4H3/t13-,14-/m0/s1. The predicted octanol–water partition coefficient (Wildman–Crippen LogP) is 4.10. The molecule has 0 heterocycles. The van der Waals surface area contributed by atoms with Gasteiger partial charge in [-0.3, -0.25) is 5.84 Å². The molecule has 0 aliphatic heterocycles. The number of nitrogens with two attached hydrogens (primary N) is 1. The zero-order valence-corrected chi connectivity index (χ0v) is 11.8. The van der Waals surface area contributed by atoms with Crippen LogP contribution in [0, 0.1) is 0 Å². The van der Waals surface area contributed by atoms with Crippen LogP contribution in [0.2, 0.25) is 0 Å². The summed E-state index contributed by atoms with van der Waals surface area (Å²) in [5.74, 6) is 6.16. The molecule has 2 N–H and O–H groups in total. The van der Waals surface area contributed by atoms with Crippen LogP contribution in [0.15, 0.2) is 0 Å². The molecule has 0 amide bonds. The molecule has 0 rings (SSSR count). The minimum atomic E-state index is 0.531. The fourth-order valence-corrected chi connectivity index (χ4v) is 2.11. The van der Waals surface area contributed by atoms with Gasteiger partial charge in [0.1, 0.15) is 0 Å². The quantitative estimate of drug-likeness (QED) is 0.346. The van der Waals surface area contributed by atoms with Gasteiger partial charge >= 0.3 is 0 Å². The van der Waals surface area contributed by atoms with Crippen molar-refractivity contribution < 1.29 is 0 Å². The molecule has 0 radical (unpaired) electrons. The van der Waals surface area contributed by atoms with E-state index in [4.69, 9.17) is 5.84 Å². The number of nitrogens with zero attached hydrogens (tertiary/aromatic N) is 1. The zero-order valence-electron chi connectivity index (χ0n) is 11.8. The van der Waals surface area contributed by atoms with E-state index in [1.54, 1.807) is 0 Å². The summed E-state index contributed by atoms with van der Waals surface area (Å²) in [5, 5.41) is 2.07. The molecule has 0 aliphatic rings. The second-order valence-corrected chi connectivity index (χ2v) is 5.14. The van der Waals surface area contributed by atoms with Gasteiger partial charge < -0.3 is 0 Å². The van der Waals surface area contributed by atoms with Crippen LogP contribution in [-0.2, 0) is 0 Å². The van der Waals surface area contributed by atoms with Crippen molar-refractivity contribution in [3.05, 3.63) is 0 Å². The van der Waals surface area contributed by atoms with Crippen LogP contribution >= 0.6 is 0 Å². The predicted molar refractivity (Wildman–Crippen MR) is 73.2 cm³/mol. The van der Waals surface area contributed by atoms with E-state index in [0.717, 1.165) is 0 Å². The highest BCUT2D eigenvalue weighted by Gasteiger charge is 2.15. The molecule has 0 aromatic carbocycles. The molecular formula is C14H32N2. The molecule has 98 valence electrons. The summed E-state index contributed by atoms with van der Waals surface area (Å²) < 4.78 is 0. The van der Waals surface area contributed by atoms with Crippen molar-refractivity contribution in [2.45, 2.75) is 91.1 Å². The van der Waals surface area contributed by atoms with Gasteiger partial charge in [-0.25, -0.2) is 5.01 Å². The topological polar surface area (TPSA) is 29.3 Å². The highest BCUT2D eigenvalue weighted by Crippen LogP contribution is 2.13. The Morgan fingerprint density at radius 2 is 1.19 bits per heavy atom. The molecule has 0 saturated heterocycles. The summed E-state index contributed by atoms with van der Waals surface area (Å²) in [6, 6.07) is 1.06. The van der Waals surface area contributed by atoms with E-state index in [1.165, 1.54) is 51.4 Å². The summed E-state index contributed by atoms with van der Waals surface area (Å²) in [5.41, 5.74) is 0. The van der Waals surface area contributed by atoms with Gasteiger partial charge in [0.05, 0.1) is 0 Å². The summed E-state index contributed by atoms with van der Waals surface area (Å²) in [7, 11) is 0. The molecule has 0 aromatic rings. The van der Waals surface area contributed by atoms with Crippen LogP contribution < -0.4 is 5.84 Å². The Kier molecular flexibility index (Phi) is 10.0. The summed E-state index contributed by atoms with van der Waals surface area (Å²) in [6.45, 7) is 9.01. The molecule has 16 heavy (non-hydrogen) atoms. The Bertz CT molecular complexity index is 132. The molecule has 0 aliphatic carbocycles. The fourth-order valence-electron chi connectivity index (χ4n) is 2.11. The molecule has 0 bridgehead atoms. The lowest BCUT2D eigenvalue weighted by Crippen LogP contribution is -2.45. The number of rotatable bonds is 10. The van der Waals surface area contributed by atoms with Crippen molar-refractivity contribution in [2.24, 2.45) is 5.84 Å². The van der Waals surface area contributed by atoms with E-state index >= 15 is 0 Å². The average Bonchev–Trinajstić information content (AvgIpc) is 2.28. The van der Waals surface area contributed by atoms with Crippen LogP contribution in [0.25, 0.3) is 0 Å². The number of hydrazine groups is 1. The first-order valence-corrected chi connectivity index (χ1v) is 7.16. The highest BCUT2D eigenvalue weighted by molar-refractivity contribution is 4.68. The minimum absolute atomic E-state index is 0.531. The van der Waals surface area contributed by atoms with Crippen LogP contribution in [0.3, 0.4) is 0 Å². The normalized spacial score (nSPS) is 15.4. The minimum Gasteiger partial charge on any atom is -0.268 e. The molecule has 0 aromatic heterocycles. The number of hydrogen-bond donors (Lipinski definition) is 1. The summed E-state index contributed by atoms with van der Waals surface area (Å²) in [6.07, 6.45) is 10.4. The van der Waals surface area contributed by atoms with Crippen molar-refractivity contribution in [2.75, 3.05) is 0 Å². The Labute approximate surface area is 103 Å². The average molecular weight is 228 g/mol. The molecule has 2 nitrogen and oxygen atoms in total. The van der Waals surface area contributed by atoms with Crippen molar-refractivity contribution in [1.82, 2.24) is 5.01 Å². The largest absolute Gasteiger partial charge is 0.268 e. The van der Waals surface area contributed by atoms with Gasteiger partial charge in [-0.1, -0.05) is 52.4 Å². The van der Waals surface area contributed by atoms with E-state index < -0.39 is 0 Å². The van der Waals surface area contributed by atoms with Crippen molar-refractivity contribution >= 4 is 0 Å². The van der Waals surface area contributed by atoms with E-state index in [9.17, 15) is 0 Å². The van der Waals surface area contributed by atoms with Crippen LogP contribution in [-0.4, -0.2) is 17.1 Å². The first kappa shape index (κ1) is 15.9. The molecule has 2 heteroatoms. The lowest BCUT2D eigenvalue weighted by Gasteiger charge is -2.30. The Morgan fingerprint density at radius 1 is 0.812 bits per heavy atom. The summed E-state index contributed by atoms with van der Waals surface area (Å²) in [4.78, 5) is 0. The number of hydrogen-bond acceptors (Lipinski definition) is 2. The zero-order chi connectivity index (χ0) is 12.4. The van der Waals surface area contributed by atoms with Gasteiger partial charge in [0, 0.05) is 12.1 Å². The lowest BCUT2D eigenvalue weighted by molar-refractivity contribution is 0.137. The Hall–Kier alpha value is -0.0800. The molecule has 0 unspecified atom stereocenters. The van der Waals surface area contributed by atoms with Crippen LogP contribution in [0.5, 0.6) is 0 Å². The monoisotopic (exact) mass is 228 g/mol. The van der Waals surface area contributed by atoms with Gasteiger partial charge in [-0.15, -0.1) is 0 Å². The van der Waals surface area contributed by atoms with Crippen molar-refractivity contribution in [3.8, 4) is 0 Å². The molecule has 0 saturated carbocycles. The first-order valence-electron chi connectivity index (χ1n) is 7.16. The van der Waals surface area contributed by atoms with Crippen LogP contribution in [0.1, 0.15) is 79.1 Å². The van der Waals surface area contributed by atoms with E-state index in [2.05, 4.69) is 32.7 Å². The fraction of sp³-hybridized carbons (Fsp3) is 1.00. The van der Waals surface area contributed by atoms with Crippen molar-refractivity contribution in [3.63, 3.8) is 0 Å². The molecule has 0 fully saturated rings. The third-order valence-electron chi connectivity index (χ3n) is 3.47. The second kappa shape index (κ2) is 10.1. The lowest BCUT2D eigenvalue weighted by atomic mass is 10.1. The van der Waals surface area contributed by atoms with Gasteiger partial charge in [0.15, 0.2) is 0 Å². The van der Waals surface area contributed by atoms with E-state index in [1.807, 2.05) is 0 Å². The van der Waals surface area contributed by atoms with Gasteiger partial charge in [0.2, 0.25) is 0 Å². The highest BCUT2D eigenvalue weighted by atomic mass is 15.4. The second-order valence-electron chi connectivity index (χ2n) is 5.14. The Balaban J connectivity index is 3.68. The maximum absolute atomic E-state index is 6.16. The summed E-state index contributed by atoms with van der Waals surface area (Å²) >= 11 is 0. The van der Waals surface area contributed by atoms with E-state index in [-0.39, 0.29) is 0 Å². The smallest absolute Gasteiger partial charge is 0.0215 e. The van der Waals surface area contributed by atoms with Gasteiger partial charge in [-0.2, -0.15) is 0 Å². The number of unbranched alkanes of at least 4 members (excludes halogenated alkanes) is 4. The molecule has 0 spiro atoms. The van der Waals surface area contributed by atoms with Crippen molar-refractivity contribution in [1.29, 1.82) is 0 Å². The maximum Gasteiger partial charge on any atom is 0.0215 e. The molecular weight excluding hydrogens is 196 g/mol. The Morgan fingerprint density at radius 3 is 1.50 bits per heavy atom. The van der Waals surface area contributed by atoms with Gasteiger partial charge in [-0.05, 0) is 26.7 Å². The van der Waals surface area contributed by atoms with Crippen LogP contribution in [0.4, 0.5) is 0 Å². The SMILES string of the molecule is CCCCC[C@H](C)N(N)[C@@H](C)CCCCC. The van der Waals surface area contributed by atoms with E-state index in [0.29, 0.717) is 12.1 Å². The maximum atomic E-state index is 6.16. The third kappa shape index (κ3) is 7.24. The third-order valence-corrected chi connectivity index (χ3v) is 3.47.